The summed E-state index contributed by atoms with van der Waals surface area (Å²) < 4.78 is 33.1. The van der Waals surface area contributed by atoms with E-state index in [1.807, 2.05) is 31.2 Å². The second-order valence-electron chi connectivity index (χ2n) is 6.93. The normalized spacial score (nSPS) is 12.6. The average molecular weight is 525 g/mol. The van der Waals surface area contributed by atoms with Crippen molar-refractivity contribution in [2.45, 2.75) is 26.7 Å². The second-order valence-corrected chi connectivity index (χ2v) is 11.1. The number of aryl methyl sites for hydroxylation is 1. The lowest BCUT2D eigenvalue weighted by Crippen LogP contribution is -2.10. The standard InChI is InChI=1S/C22H24INO4S/c1-5-6-18(23-3)22-20(21(25)15-9-7-14(2)8-10-15)17-13-16(24-29(4,26)27)11-12-19(17)28-22/h7-13,24H,5-6H2,1-4H3. The summed E-state index contributed by atoms with van der Waals surface area (Å²) in [7, 11) is -3.42. The van der Waals surface area contributed by atoms with Crippen molar-refractivity contribution in [2.75, 3.05) is 15.9 Å². The highest BCUT2D eigenvalue weighted by molar-refractivity contribution is 14.2. The maximum Gasteiger partial charge on any atom is 0.229 e. The number of rotatable bonds is 7. The van der Waals surface area contributed by atoms with E-state index in [4.69, 9.17) is 4.42 Å². The van der Waals surface area contributed by atoms with Gasteiger partial charge in [-0.2, -0.15) is 0 Å². The van der Waals surface area contributed by atoms with E-state index in [1.54, 1.807) is 18.2 Å². The van der Waals surface area contributed by atoms with Crippen LogP contribution in [0.25, 0.3) is 11.0 Å². The van der Waals surface area contributed by atoms with Crippen LogP contribution < -0.4 is 4.72 Å². The van der Waals surface area contributed by atoms with E-state index in [-0.39, 0.29) is 26.5 Å². The molecule has 0 saturated carbocycles. The molecule has 0 saturated heterocycles. The van der Waals surface area contributed by atoms with Gasteiger partial charge in [0.05, 0.1) is 11.8 Å². The molecule has 0 fully saturated rings. The molecule has 1 heterocycles. The number of carbonyl (C=O) groups is 1. The van der Waals surface area contributed by atoms with Crippen LogP contribution in [-0.4, -0.2) is 28.9 Å². The summed E-state index contributed by atoms with van der Waals surface area (Å²) in [6.07, 6.45) is 2.95. The number of benzene rings is 2. The van der Waals surface area contributed by atoms with Crippen molar-refractivity contribution < 1.29 is 17.6 Å². The zero-order valence-corrected chi connectivity index (χ0v) is 19.8. The number of furan rings is 1. The Morgan fingerprint density at radius 3 is 2.41 bits per heavy atom. The Morgan fingerprint density at radius 1 is 1.14 bits per heavy atom. The van der Waals surface area contributed by atoms with Crippen molar-refractivity contribution in [3.05, 3.63) is 64.9 Å². The third kappa shape index (κ3) is 4.95. The van der Waals surface area contributed by atoms with Crippen molar-refractivity contribution in [2.24, 2.45) is 0 Å². The summed E-state index contributed by atoms with van der Waals surface area (Å²) in [4.78, 5) is 15.6. The molecule has 0 bridgehead atoms. The van der Waals surface area contributed by atoms with Gasteiger partial charge in [0, 0.05) is 20.1 Å². The van der Waals surface area contributed by atoms with Gasteiger partial charge >= 0.3 is 0 Å². The molecule has 3 rings (SSSR count). The highest BCUT2D eigenvalue weighted by Gasteiger charge is 2.24. The van der Waals surface area contributed by atoms with Crippen LogP contribution >= 0.6 is 20.7 Å². The average Bonchev–Trinajstić information content (AvgIpc) is 3.03. The molecule has 0 aliphatic heterocycles. The zero-order chi connectivity index (χ0) is 21.2. The Hall–Kier alpha value is -2.00. The number of alkyl halides is 1. The smallest absolute Gasteiger partial charge is 0.229 e. The number of carbonyl (C=O) groups excluding carboxylic acids is 1. The molecule has 2 aromatic carbocycles. The molecule has 1 N–H and O–H groups in total. The summed E-state index contributed by atoms with van der Waals surface area (Å²) >= 11 is -0.270. The van der Waals surface area contributed by atoms with E-state index in [0.717, 1.165) is 24.7 Å². The van der Waals surface area contributed by atoms with E-state index in [2.05, 4.69) is 16.6 Å². The van der Waals surface area contributed by atoms with Gasteiger partial charge in [0.25, 0.3) is 0 Å². The zero-order valence-electron chi connectivity index (χ0n) is 16.9. The Kier molecular flexibility index (Phi) is 6.58. The molecule has 0 aliphatic carbocycles. The van der Waals surface area contributed by atoms with E-state index >= 15 is 0 Å². The van der Waals surface area contributed by atoms with Crippen LogP contribution in [0.4, 0.5) is 5.69 Å². The molecule has 7 heteroatoms. The number of halogens is 1. The lowest BCUT2D eigenvalue weighted by atomic mass is 9.97. The van der Waals surface area contributed by atoms with Crippen LogP contribution in [-0.2, 0) is 10.0 Å². The number of sulfonamides is 1. The van der Waals surface area contributed by atoms with Gasteiger partial charge in [0.2, 0.25) is 10.0 Å². The van der Waals surface area contributed by atoms with Crippen molar-refractivity contribution in [3.8, 4) is 0 Å². The number of hydrogen-bond acceptors (Lipinski definition) is 4. The molecule has 1 aromatic heterocycles. The van der Waals surface area contributed by atoms with Gasteiger partial charge in [-0.1, -0.05) is 43.2 Å². The van der Waals surface area contributed by atoms with Crippen LogP contribution in [0, 0.1) is 6.92 Å². The van der Waals surface area contributed by atoms with E-state index < -0.39 is 10.0 Å². The molecule has 154 valence electrons. The molecule has 0 radical (unpaired) electrons. The first-order valence-corrected chi connectivity index (χ1v) is 14.4. The topological polar surface area (TPSA) is 76.4 Å². The van der Waals surface area contributed by atoms with Crippen LogP contribution in [0.3, 0.4) is 0 Å². The summed E-state index contributed by atoms with van der Waals surface area (Å²) in [5.74, 6) is 0.542. The van der Waals surface area contributed by atoms with Gasteiger partial charge in [-0.3, -0.25) is 9.52 Å². The largest absolute Gasteiger partial charge is 0.455 e. The highest BCUT2D eigenvalue weighted by Crippen LogP contribution is 2.33. The number of nitrogens with one attached hydrogen (secondary N) is 1. The minimum atomic E-state index is -3.42. The third-order valence-corrected chi connectivity index (χ3v) is 7.41. The number of ketones is 1. The number of hydrogen-bond donors (Lipinski definition) is 1. The highest BCUT2D eigenvalue weighted by atomic mass is 127. The van der Waals surface area contributed by atoms with Crippen LogP contribution in [0.5, 0.6) is 0 Å². The minimum Gasteiger partial charge on any atom is -0.455 e. The fraction of sp³-hybridized carbons (Fsp3) is 0.273. The summed E-state index contributed by atoms with van der Waals surface area (Å²) in [6, 6.07) is 12.5. The Labute approximate surface area is 181 Å². The fourth-order valence-electron chi connectivity index (χ4n) is 3.15. The van der Waals surface area contributed by atoms with Gasteiger partial charge in [0.1, 0.15) is 11.3 Å². The van der Waals surface area contributed by atoms with Crippen molar-refractivity contribution in [1.82, 2.24) is 0 Å². The minimum absolute atomic E-state index is 0.110. The van der Waals surface area contributed by atoms with Crippen molar-refractivity contribution in [3.63, 3.8) is 0 Å². The maximum atomic E-state index is 13.5. The van der Waals surface area contributed by atoms with Gasteiger partial charge in [0.15, 0.2) is 5.78 Å². The Bertz CT molecular complexity index is 1190. The maximum absolute atomic E-state index is 13.5. The Balaban J connectivity index is 2.24. The predicted molar refractivity (Wildman–Crippen MR) is 128 cm³/mol. The number of anilines is 1. The molecule has 0 spiro atoms. The second kappa shape index (κ2) is 8.79. The summed E-state index contributed by atoms with van der Waals surface area (Å²) in [5, 5.41) is 0.630. The van der Waals surface area contributed by atoms with E-state index in [0.29, 0.717) is 33.5 Å². The lowest BCUT2D eigenvalue weighted by Gasteiger charge is -2.07. The SMILES string of the molecule is CCCC(=IC)c1oc2ccc(NS(C)(=O)=O)cc2c1C(=O)c1ccc(C)cc1. The first-order valence-electron chi connectivity index (χ1n) is 9.25. The molecule has 0 unspecified atom stereocenters. The molecular formula is C22H24INO4S. The van der Waals surface area contributed by atoms with Crippen molar-refractivity contribution in [1.29, 1.82) is 0 Å². The number of fused-ring (bicyclic) bond motifs is 1. The van der Waals surface area contributed by atoms with Crippen molar-refractivity contribution >= 4 is 56.7 Å². The van der Waals surface area contributed by atoms with Gasteiger partial charge in [-0.05, 0) is 36.5 Å². The summed E-state index contributed by atoms with van der Waals surface area (Å²) in [5.41, 5.74) is 3.18. The molecule has 0 atom stereocenters. The van der Waals surface area contributed by atoms with Gasteiger partial charge in [-0.15, -0.1) is 20.7 Å². The lowest BCUT2D eigenvalue weighted by molar-refractivity contribution is 0.103. The molecule has 5 nitrogen and oxygen atoms in total. The van der Waals surface area contributed by atoms with Gasteiger partial charge in [-0.25, -0.2) is 8.42 Å². The van der Waals surface area contributed by atoms with Crippen LogP contribution in [0.2, 0.25) is 0 Å². The quantitative estimate of drug-likeness (QED) is 0.259. The van der Waals surface area contributed by atoms with E-state index in [9.17, 15) is 13.2 Å². The van der Waals surface area contributed by atoms with Crippen LogP contribution in [0.15, 0.2) is 46.9 Å². The molecule has 29 heavy (non-hydrogen) atoms. The van der Waals surface area contributed by atoms with E-state index in [1.165, 1.54) is 3.51 Å². The first kappa shape index (κ1) is 21.7. The predicted octanol–water partition coefficient (Wildman–Crippen LogP) is 5.26. The van der Waals surface area contributed by atoms with Crippen LogP contribution in [0.1, 0.15) is 47.0 Å². The van der Waals surface area contributed by atoms with Gasteiger partial charge < -0.3 is 4.42 Å². The molecule has 0 aliphatic rings. The molecule has 0 amide bonds. The first-order chi connectivity index (χ1) is 13.7. The fourth-order valence-corrected chi connectivity index (χ4v) is 5.66. The third-order valence-electron chi connectivity index (χ3n) is 4.48. The summed E-state index contributed by atoms with van der Waals surface area (Å²) in [6.45, 7) is 4.09. The molecular weight excluding hydrogens is 501 g/mol. The Morgan fingerprint density at radius 2 is 1.83 bits per heavy atom. The monoisotopic (exact) mass is 525 g/mol. The molecule has 3 aromatic rings.